The lowest BCUT2D eigenvalue weighted by molar-refractivity contribution is 0.501. The van der Waals surface area contributed by atoms with Crippen LogP contribution in [0.5, 0.6) is 0 Å². The molecule has 3 N–H and O–H groups in total. The highest BCUT2D eigenvalue weighted by Gasteiger charge is 2.29. The second-order valence-corrected chi connectivity index (χ2v) is 8.09. The minimum atomic E-state index is 0.300. The lowest BCUT2D eigenvalue weighted by Crippen LogP contribution is -2.48. The van der Waals surface area contributed by atoms with Gasteiger partial charge in [-0.2, -0.15) is 23.5 Å². The van der Waals surface area contributed by atoms with Crippen molar-refractivity contribution in [3.8, 4) is 0 Å². The van der Waals surface area contributed by atoms with Crippen molar-refractivity contribution >= 4 is 39.5 Å². The first-order valence-corrected chi connectivity index (χ1v) is 8.88. The summed E-state index contributed by atoms with van der Waals surface area (Å²) in [6, 6.07) is 2.41. The van der Waals surface area contributed by atoms with E-state index in [1.807, 2.05) is 35.9 Å². The van der Waals surface area contributed by atoms with Crippen molar-refractivity contribution in [3.63, 3.8) is 0 Å². The lowest BCUT2D eigenvalue weighted by Gasteiger charge is -2.34. The van der Waals surface area contributed by atoms with Crippen LogP contribution in [0.1, 0.15) is 12.5 Å². The molecule has 1 aliphatic heterocycles. The number of thioether (sulfide) groups is 2. The van der Waals surface area contributed by atoms with E-state index in [9.17, 15) is 0 Å². The van der Waals surface area contributed by atoms with E-state index in [2.05, 4.69) is 39.3 Å². The fourth-order valence-electron chi connectivity index (χ4n) is 2.18. The van der Waals surface area contributed by atoms with Gasteiger partial charge >= 0.3 is 0 Å². The molecule has 0 aliphatic carbocycles. The van der Waals surface area contributed by atoms with Crippen molar-refractivity contribution in [2.24, 2.45) is 5.84 Å². The Kier molecular flexibility index (Phi) is 5.82. The van der Waals surface area contributed by atoms with E-state index >= 15 is 0 Å². The normalized spacial score (nSPS) is 25.9. The molecule has 1 aromatic heterocycles. The predicted molar refractivity (Wildman–Crippen MR) is 84.9 cm³/mol. The SMILES string of the molecule is CC1SCCSC1C(Cc1cncc(Br)c1)NN. The first-order chi connectivity index (χ1) is 8.70. The maximum Gasteiger partial charge on any atom is 0.0410 e. The summed E-state index contributed by atoms with van der Waals surface area (Å²) < 4.78 is 1.02. The molecule has 0 amide bonds. The zero-order valence-electron chi connectivity index (χ0n) is 10.3. The van der Waals surface area contributed by atoms with E-state index < -0.39 is 0 Å². The highest BCUT2D eigenvalue weighted by atomic mass is 79.9. The number of nitrogens with one attached hydrogen (secondary N) is 1. The van der Waals surface area contributed by atoms with Crippen molar-refractivity contribution in [1.82, 2.24) is 10.4 Å². The molecule has 0 radical (unpaired) electrons. The smallest absolute Gasteiger partial charge is 0.0410 e. The van der Waals surface area contributed by atoms with Crippen molar-refractivity contribution in [3.05, 3.63) is 28.5 Å². The van der Waals surface area contributed by atoms with E-state index in [1.165, 1.54) is 17.1 Å². The number of rotatable bonds is 4. The van der Waals surface area contributed by atoms with Crippen LogP contribution in [0.25, 0.3) is 0 Å². The van der Waals surface area contributed by atoms with E-state index in [1.54, 1.807) is 0 Å². The second kappa shape index (κ2) is 7.14. The molecule has 1 saturated heterocycles. The number of aromatic nitrogens is 1. The molecule has 18 heavy (non-hydrogen) atoms. The zero-order valence-corrected chi connectivity index (χ0v) is 13.5. The summed E-state index contributed by atoms with van der Waals surface area (Å²) in [6.45, 7) is 2.30. The summed E-state index contributed by atoms with van der Waals surface area (Å²) in [5.41, 5.74) is 4.21. The monoisotopic (exact) mass is 347 g/mol. The first kappa shape index (κ1) is 14.7. The molecule has 0 saturated carbocycles. The summed E-state index contributed by atoms with van der Waals surface area (Å²) in [7, 11) is 0. The number of hydrazine groups is 1. The highest BCUT2D eigenvalue weighted by Crippen LogP contribution is 2.33. The van der Waals surface area contributed by atoms with Crippen LogP contribution in [0.2, 0.25) is 0 Å². The van der Waals surface area contributed by atoms with Gasteiger partial charge in [-0.05, 0) is 34.0 Å². The molecular weight excluding hydrogens is 330 g/mol. The number of hydrogen-bond acceptors (Lipinski definition) is 5. The topological polar surface area (TPSA) is 50.9 Å². The van der Waals surface area contributed by atoms with E-state index in [4.69, 9.17) is 5.84 Å². The van der Waals surface area contributed by atoms with Gasteiger partial charge < -0.3 is 0 Å². The van der Waals surface area contributed by atoms with Crippen LogP contribution in [0.4, 0.5) is 0 Å². The van der Waals surface area contributed by atoms with Crippen LogP contribution in [0.3, 0.4) is 0 Å². The third-order valence-corrected chi connectivity index (χ3v) is 6.75. The Bertz CT molecular complexity index is 391. The molecule has 2 rings (SSSR count). The Morgan fingerprint density at radius 2 is 2.28 bits per heavy atom. The fourth-order valence-corrected chi connectivity index (χ4v) is 5.54. The molecule has 0 aromatic carbocycles. The van der Waals surface area contributed by atoms with Crippen LogP contribution in [0, 0.1) is 0 Å². The number of pyridine rings is 1. The highest BCUT2D eigenvalue weighted by molar-refractivity contribution is 9.10. The molecule has 3 nitrogen and oxygen atoms in total. The molecule has 1 fully saturated rings. The third kappa shape index (κ3) is 3.87. The molecule has 6 heteroatoms. The molecular formula is C12H18BrN3S2. The van der Waals surface area contributed by atoms with E-state index in [0.717, 1.165) is 10.9 Å². The van der Waals surface area contributed by atoms with Gasteiger partial charge in [0.05, 0.1) is 0 Å². The van der Waals surface area contributed by atoms with Crippen molar-refractivity contribution in [2.45, 2.75) is 29.9 Å². The Morgan fingerprint density at radius 1 is 1.50 bits per heavy atom. The van der Waals surface area contributed by atoms with Crippen molar-refractivity contribution in [1.29, 1.82) is 0 Å². The van der Waals surface area contributed by atoms with Crippen LogP contribution in [0.15, 0.2) is 22.9 Å². The van der Waals surface area contributed by atoms with Gasteiger partial charge in [-0.3, -0.25) is 16.3 Å². The van der Waals surface area contributed by atoms with Gasteiger partial charge in [0.15, 0.2) is 0 Å². The molecule has 2 heterocycles. The molecule has 3 atom stereocenters. The zero-order chi connectivity index (χ0) is 13.0. The van der Waals surface area contributed by atoms with Crippen LogP contribution < -0.4 is 11.3 Å². The van der Waals surface area contributed by atoms with Gasteiger partial charge in [-0.25, -0.2) is 0 Å². The number of hydrogen-bond donors (Lipinski definition) is 2. The number of nitrogens with zero attached hydrogens (tertiary/aromatic N) is 1. The Balaban J connectivity index is 2.04. The van der Waals surface area contributed by atoms with Crippen molar-refractivity contribution in [2.75, 3.05) is 11.5 Å². The first-order valence-electron chi connectivity index (χ1n) is 5.99. The largest absolute Gasteiger partial charge is 0.271 e. The maximum absolute atomic E-state index is 5.75. The molecule has 100 valence electrons. The summed E-state index contributed by atoms with van der Waals surface area (Å²) in [4.78, 5) is 4.21. The van der Waals surface area contributed by atoms with Gasteiger partial charge in [0.25, 0.3) is 0 Å². The molecule has 0 bridgehead atoms. The van der Waals surface area contributed by atoms with Crippen LogP contribution in [-0.2, 0) is 6.42 Å². The standard InChI is InChI=1S/C12H18BrN3S2/c1-8-12(18-3-2-17-8)11(16-14)5-9-4-10(13)7-15-6-9/h4,6-8,11-12,16H,2-3,5,14H2,1H3. The summed E-state index contributed by atoms with van der Waals surface area (Å²) in [5, 5.41) is 1.21. The van der Waals surface area contributed by atoms with Crippen LogP contribution >= 0.6 is 39.5 Å². The van der Waals surface area contributed by atoms with E-state index in [0.29, 0.717) is 16.5 Å². The summed E-state index contributed by atoms with van der Waals surface area (Å²) in [6.07, 6.45) is 4.65. The molecule has 1 aliphatic rings. The van der Waals surface area contributed by atoms with Crippen LogP contribution in [-0.4, -0.2) is 33.0 Å². The van der Waals surface area contributed by atoms with E-state index in [-0.39, 0.29) is 0 Å². The van der Waals surface area contributed by atoms with Crippen molar-refractivity contribution < 1.29 is 0 Å². The van der Waals surface area contributed by atoms with Gasteiger partial charge in [0, 0.05) is 44.9 Å². The minimum absolute atomic E-state index is 0.300. The summed E-state index contributed by atoms with van der Waals surface area (Å²) in [5.74, 6) is 8.21. The molecule has 1 aromatic rings. The Hall–Kier alpha value is 0.250. The average molecular weight is 348 g/mol. The average Bonchev–Trinajstić information content (AvgIpc) is 2.37. The fraction of sp³-hybridized carbons (Fsp3) is 0.583. The lowest BCUT2D eigenvalue weighted by atomic mass is 10.0. The third-order valence-electron chi connectivity index (χ3n) is 3.06. The van der Waals surface area contributed by atoms with Gasteiger partial charge in [-0.1, -0.05) is 6.92 Å². The molecule has 3 unspecified atom stereocenters. The van der Waals surface area contributed by atoms with Gasteiger partial charge in [-0.15, -0.1) is 0 Å². The maximum atomic E-state index is 5.75. The van der Waals surface area contributed by atoms with Gasteiger partial charge in [0.1, 0.15) is 0 Å². The predicted octanol–water partition coefficient (Wildman–Crippen LogP) is 2.46. The second-order valence-electron chi connectivity index (χ2n) is 4.40. The molecule has 0 spiro atoms. The number of nitrogens with two attached hydrogens (primary N) is 1. The Morgan fingerprint density at radius 3 is 2.94 bits per heavy atom. The quantitative estimate of drug-likeness (QED) is 0.647. The number of halogens is 1. The minimum Gasteiger partial charge on any atom is -0.271 e. The Labute approximate surface area is 125 Å². The summed E-state index contributed by atoms with van der Waals surface area (Å²) >= 11 is 7.53. The van der Waals surface area contributed by atoms with Gasteiger partial charge in [0.2, 0.25) is 0 Å².